The molecule has 0 unspecified atom stereocenters. The highest BCUT2D eigenvalue weighted by Crippen LogP contribution is 2.43. The van der Waals surface area contributed by atoms with Crippen LogP contribution in [0.15, 0.2) is 73.1 Å². The van der Waals surface area contributed by atoms with E-state index in [9.17, 15) is 18.0 Å². The lowest BCUT2D eigenvalue weighted by molar-refractivity contribution is -0.173. The summed E-state index contributed by atoms with van der Waals surface area (Å²) in [6, 6.07) is 15.6. The summed E-state index contributed by atoms with van der Waals surface area (Å²) in [7, 11) is 0. The molecule has 2 N–H and O–H groups in total. The molecule has 2 aromatic heterocycles. The minimum Gasteiger partial charge on any atom is -0.363 e. The number of hydrogen-bond donors (Lipinski definition) is 2. The summed E-state index contributed by atoms with van der Waals surface area (Å²) < 4.78 is 44.3. The summed E-state index contributed by atoms with van der Waals surface area (Å²) in [6.45, 7) is 2.13. The number of nitrogens with one attached hydrogen (secondary N) is 2. The van der Waals surface area contributed by atoms with Crippen LogP contribution in [0.5, 0.6) is 0 Å². The molecule has 180 valence electrons. The largest absolute Gasteiger partial charge is 0.410 e. The Bertz CT molecular complexity index is 1310. The number of amides is 1. The Morgan fingerprint density at radius 2 is 1.89 bits per heavy atom. The summed E-state index contributed by atoms with van der Waals surface area (Å²) in [5, 5.41) is 14.0. The van der Waals surface area contributed by atoms with Gasteiger partial charge in [0, 0.05) is 31.4 Å². The highest BCUT2D eigenvalue weighted by atomic mass is 19.4. The third-order valence-electron chi connectivity index (χ3n) is 6.06. The van der Waals surface area contributed by atoms with Crippen LogP contribution in [-0.2, 0) is 6.54 Å². The second-order valence-corrected chi connectivity index (χ2v) is 8.56. The van der Waals surface area contributed by atoms with Crippen molar-refractivity contribution in [3.63, 3.8) is 0 Å². The van der Waals surface area contributed by atoms with E-state index in [-0.39, 0.29) is 24.5 Å². The molecular formula is C25H23F3N6O. The fourth-order valence-electron chi connectivity index (χ4n) is 4.16. The molecule has 4 aromatic rings. The van der Waals surface area contributed by atoms with Crippen LogP contribution < -0.4 is 10.6 Å². The van der Waals surface area contributed by atoms with Crippen LogP contribution in [0.2, 0.25) is 0 Å². The van der Waals surface area contributed by atoms with Gasteiger partial charge in [-0.3, -0.25) is 4.79 Å². The molecular weight excluding hydrogens is 457 g/mol. The molecule has 1 aliphatic rings. The number of alkyl halides is 3. The third kappa shape index (κ3) is 4.77. The normalized spacial score (nSPS) is 17.5. The number of carbonyl (C=O) groups excluding carboxylic acids is 1. The average Bonchev–Trinajstić information content (AvgIpc) is 3.52. The maximum absolute atomic E-state index is 13.9. The first-order valence-electron chi connectivity index (χ1n) is 11.1. The standard InChI is InChI=1S/C25H23F3N6O/c1-16-3-7-18(8-4-16)20-13-22(25(26,27)28)34-23(31-20)14-21(32-34)24(35)29-15-17-5-9-19(10-6-17)33-12-2-11-30-33/h2-12,14,20,22,31H,13,15H2,1H3,(H,29,35)/t20-,22+/m0/s1. The number of hydrogen-bond acceptors (Lipinski definition) is 4. The molecule has 5 rings (SSSR count). The zero-order valence-electron chi connectivity index (χ0n) is 18.8. The molecule has 1 amide bonds. The zero-order valence-corrected chi connectivity index (χ0v) is 18.8. The first kappa shape index (κ1) is 22.7. The number of aromatic nitrogens is 4. The van der Waals surface area contributed by atoms with E-state index in [1.807, 2.05) is 67.7 Å². The molecule has 0 saturated heterocycles. The number of anilines is 1. The van der Waals surface area contributed by atoms with Gasteiger partial charge in [-0.15, -0.1) is 0 Å². The molecule has 0 radical (unpaired) electrons. The van der Waals surface area contributed by atoms with Crippen LogP contribution in [0.25, 0.3) is 5.69 Å². The quantitative estimate of drug-likeness (QED) is 0.423. The number of halogens is 3. The number of aryl methyl sites for hydroxylation is 1. The Morgan fingerprint density at radius 3 is 2.54 bits per heavy atom. The summed E-state index contributed by atoms with van der Waals surface area (Å²) in [4.78, 5) is 12.7. The fraction of sp³-hybridized carbons (Fsp3) is 0.240. The average molecular weight is 480 g/mol. The first-order chi connectivity index (χ1) is 16.8. The number of rotatable bonds is 5. The van der Waals surface area contributed by atoms with Gasteiger partial charge >= 0.3 is 6.18 Å². The van der Waals surface area contributed by atoms with E-state index < -0.39 is 24.2 Å². The minimum atomic E-state index is -4.50. The van der Waals surface area contributed by atoms with Crippen molar-refractivity contribution in [3.8, 4) is 5.69 Å². The van der Waals surface area contributed by atoms with Crippen LogP contribution in [0, 0.1) is 6.92 Å². The number of benzene rings is 2. The van der Waals surface area contributed by atoms with Gasteiger partial charge in [-0.1, -0.05) is 42.0 Å². The van der Waals surface area contributed by atoms with Gasteiger partial charge in [0.15, 0.2) is 11.7 Å². The highest BCUT2D eigenvalue weighted by molar-refractivity contribution is 5.93. The monoisotopic (exact) mass is 480 g/mol. The van der Waals surface area contributed by atoms with Crippen molar-refractivity contribution in [2.45, 2.75) is 38.1 Å². The predicted molar refractivity (Wildman–Crippen MR) is 124 cm³/mol. The van der Waals surface area contributed by atoms with E-state index in [1.54, 1.807) is 10.9 Å². The smallest absolute Gasteiger partial charge is 0.363 e. The molecule has 0 bridgehead atoms. The number of carbonyl (C=O) groups is 1. The maximum Gasteiger partial charge on any atom is 0.410 e. The molecule has 3 heterocycles. The van der Waals surface area contributed by atoms with E-state index in [1.165, 1.54) is 6.07 Å². The van der Waals surface area contributed by atoms with Crippen molar-refractivity contribution < 1.29 is 18.0 Å². The lowest BCUT2D eigenvalue weighted by Crippen LogP contribution is -2.35. The van der Waals surface area contributed by atoms with E-state index in [0.717, 1.165) is 27.1 Å². The van der Waals surface area contributed by atoms with Gasteiger partial charge in [0.05, 0.1) is 11.7 Å². The first-order valence-corrected chi connectivity index (χ1v) is 11.1. The molecule has 2 atom stereocenters. The summed E-state index contributed by atoms with van der Waals surface area (Å²) in [5.41, 5.74) is 3.42. The van der Waals surface area contributed by atoms with E-state index in [0.29, 0.717) is 0 Å². The lowest BCUT2D eigenvalue weighted by Gasteiger charge is -2.33. The molecule has 0 spiro atoms. The SMILES string of the molecule is Cc1ccc([C@@H]2C[C@H](C(F)(F)F)n3nc(C(=O)NCc4ccc(-n5cccn5)cc4)cc3N2)cc1. The van der Waals surface area contributed by atoms with Crippen LogP contribution in [0.3, 0.4) is 0 Å². The fourth-order valence-corrected chi connectivity index (χ4v) is 4.16. The van der Waals surface area contributed by atoms with Gasteiger partial charge in [-0.05, 0) is 36.2 Å². The van der Waals surface area contributed by atoms with E-state index in [2.05, 4.69) is 20.8 Å². The molecule has 7 nitrogen and oxygen atoms in total. The highest BCUT2D eigenvalue weighted by Gasteiger charge is 2.46. The Hall–Kier alpha value is -4.08. The van der Waals surface area contributed by atoms with Crippen molar-refractivity contribution in [2.75, 3.05) is 5.32 Å². The molecule has 2 aromatic carbocycles. The van der Waals surface area contributed by atoms with E-state index >= 15 is 0 Å². The van der Waals surface area contributed by atoms with Gasteiger partial charge in [0.25, 0.3) is 5.91 Å². The summed E-state index contributed by atoms with van der Waals surface area (Å²) in [6.07, 6.45) is -1.22. The Labute approximate surface area is 199 Å². The molecule has 0 saturated carbocycles. The second-order valence-electron chi connectivity index (χ2n) is 8.56. The summed E-state index contributed by atoms with van der Waals surface area (Å²) >= 11 is 0. The third-order valence-corrected chi connectivity index (χ3v) is 6.06. The van der Waals surface area contributed by atoms with Gasteiger partial charge in [0.1, 0.15) is 5.82 Å². The van der Waals surface area contributed by atoms with Crippen LogP contribution >= 0.6 is 0 Å². The predicted octanol–water partition coefficient (Wildman–Crippen LogP) is 4.97. The van der Waals surface area contributed by atoms with Crippen LogP contribution in [0.4, 0.5) is 19.0 Å². The van der Waals surface area contributed by atoms with Crippen molar-refractivity contribution in [3.05, 3.63) is 95.4 Å². The van der Waals surface area contributed by atoms with Gasteiger partial charge in [0.2, 0.25) is 0 Å². The van der Waals surface area contributed by atoms with Crippen LogP contribution in [0.1, 0.15) is 45.7 Å². The Morgan fingerprint density at radius 1 is 1.14 bits per heavy atom. The molecule has 0 aliphatic carbocycles. The van der Waals surface area contributed by atoms with Crippen LogP contribution in [-0.4, -0.2) is 31.6 Å². The Kier molecular flexibility index (Phi) is 5.80. The van der Waals surface area contributed by atoms with Gasteiger partial charge in [-0.25, -0.2) is 9.36 Å². The van der Waals surface area contributed by atoms with Crippen molar-refractivity contribution in [1.29, 1.82) is 0 Å². The van der Waals surface area contributed by atoms with Crippen molar-refractivity contribution >= 4 is 11.7 Å². The lowest BCUT2D eigenvalue weighted by atomic mass is 9.96. The molecule has 35 heavy (non-hydrogen) atoms. The Balaban J connectivity index is 1.31. The van der Waals surface area contributed by atoms with Gasteiger partial charge < -0.3 is 10.6 Å². The van der Waals surface area contributed by atoms with Crippen molar-refractivity contribution in [2.24, 2.45) is 0 Å². The number of nitrogens with zero attached hydrogens (tertiary/aromatic N) is 4. The minimum absolute atomic E-state index is 0.0699. The summed E-state index contributed by atoms with van der Waals surface area (Å²) in [5.74, 6) is -0.379. The van der Waals surface area contributed by atoms with Gasteiger partial charge in [-0.2, -0.15) is 23.4 Å². The maximum atomic E-state index is 13.9. The van der Waals surface area contributed by atoms with E-state index in [4.69, 9.17) is 0 Å². The molecule has 1 aliphatic heterocycles. The molecule has 0 fully saturated rings. The van der Waals surface area contributed by atoms with Crippen molar-refractivity contribution in [1.82, 2.24) is 24.9 Å². The number of fused-ring (bicyclic) bond motifs is 1. The molecule has 10 heteroatoms. The zero-order chi connectivity index (χ0) is 24.6. The topological polar surface area (TPSA) is 76.8 Å². The second kappa shape index (κ2) is 8.94.